The van der Waals surface area contributed by atoms with Gasteiger partial charge in [-0.15, -0.1) is 0 Å². The Morgan fingerprint density at radius 2 is 2.04 bits per heavy atom. The van der Waals surface area contributed by atoms with Gasteiger partial charge in [-0.2, -0.15) is 0 Å². The van der Waals surface area contributed by atoms with Gasteiger partial charge in [0.25, 0.3) is 0 Å². The predicted molar refractivity (Wildman–Crippen MR) is 107 cm³/mol. The summed E-state index contributed by atoms with van der Waals surface area (Å²) in [5.41, 5.74) is 2.94. The number of carbonyl (C=O) groups is 1. The topological polar surface area (TPSA) is 68.5 Å². The molecule has 0 saturated heterocycles. The molecule has 0 radical (unpaired) electrons. The highest BCUT2D eigenvalue weighted by molar-refractivity contribution is 5.88. The third-order valence-electron chi connectivity index (χ3n) is 5.56. The molecule has 1 atom stereocenters. The van der Waals surface area contributed by atoms with Crippen LogP contribution in [0, 0.1) is 23.7 Å². The molecule has 1 unspecified atom stereocenters. The standard InChI is InChI=1S/C23H23NO4/c1-13(2)19-9-16-8-15(7-6-14-4-5-14)22(28-3)10-17(16)20-11-21(25)18(23(26)27)12-24(19)20/h8,10-14,19H,4-5,9H2,1-3H3,(H,26,27). The van der Waals surface area contributed by atoms with E-state index in [1.807, 2.05) is 10.6 Å². The normalized spacial score (nSPS) is 17.4. The van der Waals surface area contributed by atoms with E-state index >= 15 is 0 Å². The lowest BCUT2D eigenvalue weighted by atomic mass is 9.86. The molecule has 2 aromatic rings. The molecule has 5 nitrogen and oxygen atoms in total. The molecule has 0 spiro atoms. The molecule has 2 heterocycles. The monoisotopic (exact) mass is 377 g/mol. The van der Waals surface area contributed by atoms with E-state index < -0.39 is 11.4 Å². The lowest BCUT2D eigenvalue weighted by Gasteiger charge is -2.33. The van der Waals surface area contributed by atoms with Crippen LogP contribution in [-0.4, -0.2) is 22.8 Å². The first-order valence-electron chi connectivity index (χ1n) is 9.61. The van der Waals surface area contributed by atoms with Gasteiger partial charge in [-0.05, 0) is 42.9 Å². The number of benzene rings is 1. The van der Waals surface area contributed by atoms with Gasteiger partial charge >= 0.3 is 5.97 Å². The molecule has 2 aliphatic rings. The zero-order chi connectivity index (χ0) is 20.0. The lowest BCUT2D eigenvalue weighted by Crippen LogP contribution is -2.28. The number of nitrogens with zero attached hydrogens (tertiary/aromatic N) is 1. The quantitative estimate of drug-likeness (QED) is 0.828. The van der Waals surface area contributed by atoms with Crippen LogP contribution in [0.3, 0.4) is 0 Å². The number of hydrogen-bond donors (Lipinski definition) is 1. The minimum Gasteiger partial charge on any atom is -0.495 e. The highest BCUT2D eigenvalue weighted by atomic mass is 16.5. The van der Waals surface area contributed by atoms with E-state index in [-0.39, 0.29) is 17.5 Å². The van der Waals surface area contributed by atoms with Crippen LogP contribution < -0.4 is 10.2 Å². The van der Waals surface area contributed by atoms with Crippen molar-refractivity contribution in [3.8, 4) is 28.8 Å². The average molecular weight is 377 g/mol. The van der Waals surface area contributed by atoms with Gasteiger partial charge < -0.3 is 14.4 Å². The molecular formula is C23H23NO4. The number of methoxy groups -OCH3 is 1. The minimum absolute atomic E-state index is 0.0684. The Kier molecular flexibility index (Phi) is 4.50. The van der Waals surface area contributed by atoms with Crippen molar-refractivity contribution >= 4 is 5.97 Å². The third kappa shape index (κ3) is 3.20. The van der Waals surface area contributed by atoms with Crippen LogP contribution in [0.5, 0.6) is 5.75 Å². The van der Waals surface area contributed by atoms with Crippen molar-refractivity contribution in [2.75, 3.05) is 7.11 Å². The van der Waals surface area contributed by atoms with E-state index in [2.05, 4.69) is 31.8 Å². The second kappa shape index (κ2) is 6.87. The zero-order valence-electron chi connectivity index (χ0n) is 16.3. The summed E-state index contributed by atoms with van der Waals surface area (Å²) < 4.78 is 7.50. The summed E-state index contributed by atoms with van der Waals surface area (Å²) in [6, 6.07) is 5.50. The summed E-state index contributed by atoms with van der Waals surface area (Å²) >= 11 is 0. The molecule has 0 bridgehead atoms. The average Bonchev–Trinajstić information content (AvgIpc) is 3.48. The van der Waals surface area contributed by atoms with Crippen molar-refractivity contribution in [3.63, 3.8) is 0 Å². The van der Waals surface area contributed by atoms with Gasteiger partial charge in [0.15, 0.2) is 5.43 Å². The molecule has 1 aliphatic carbocycles. The number of aromatic carboxylic acids is 1. The van der Waals surface area contributed by atoms with Gasteiger partial charge in [0.1, 0.15) is 11.3 Å². The van der Waals surface area contributed by atoms with Crippen LogP contribution in [-0.2, 0) is 6.42 Å². The molecule has 1 aliphatic heterocycles. The van der Waals surface area contributed by atoms with Gasteiger partial charge in [0.05, 0.1) is 18.4 Å². The molecule has 144 valence electrons. The molecule has 1 aromatic heterocycles. The number of carboxylic acids is 1. The van der Waals surface area contributed by atoms with Crippen molar-refractivity contribution in [3.05, 3.63) is 51.3 Å². The first kappa shape index (κ1) is 18.4. The molecule has 4 rings (SSSR count). The van der Waals surface area contributed by atoms with Crippen molar-refractivity contribution in [1.82, 2.24) is 4.57 Å². The van der Waals surface area contributed by atoms with E-state index in [0.29, 0.717) is 11.7 Å². The van der Waals surface area contributed by atoms with Crippen molar-refractivity contribution in [2.45, 2.75) is 39.2 Å². The van der Waals surface area contributed by atoms with Crippen LogP contribution in [0.2, 0.25) is 0 Å². The molecule has 1 aromatic carbocycles. The fraction of sp³-hybridized carbons (Fsp3) is 0.391. The van der Waals surface area contributed by atoms with Crippen LogP contribution in [0.15, 0.2) is 29.2 Å². The highest BCUT2D eigenvalue weighted by Gasteiger charge is 2.29. The summed E-state index contributed by atoms with van der Waals surface area (Å²) in [5.74, 6) is 6.80. The summed E-state index contributed by atoms with van der Waals surface area (Å²) in [5, 5.41) is 9.37. The second-order valence-electron chi connectivity index (χ2n) is 7.92. The van der Waals surface area contributed by atoms with Crippen LogP contribution in [0.1, 0.15) is 54.2 Å². The number of pyridine rings is 1. The zero-order valence-corrected chi connectivity index (χ0v) is 16.3. The lowest BCUT2D eigenvalue weighted by molar-refractivity contribution is 0.0694. The smallest absolute Gasteiger partial charge is 0.341 e. The van der Waals surface area contributed by atoms with Crippen molar-refractivity contribution < 1.29 is 14.6 Å². The Labute approximate surface area is 164 Å². The Balaban J connectivity index is 1.92. The number of ether oxygens (including phenoxy) is 1. The fourth-order valence-corrected chi connectivity index (χ4v) is 3.79. The van der Waals surface area contributed by atoms with E-state index in [0.717, 1.165) is 41.6 Å². The first-order chi connectivity index (χ1) is 13.4. The molecule has 5 heteroatoms. The van der Waals surface area contributed by atoms with E-state index in [1.165, 1.54) is 12.3 Å². The Bertz CT molecular complexity index is 1080. The van der Waals surface area contributed by atoms with Crippen molar-refractivity contribution in [1.29, 1.82) is 0 Å². The first-order valence-corrected chi connectivity index (χ1v) is 9.61. The van der Waals surface area contributed by atoms with Crippen LogP contribution in [0.4, 0.5) is 0 Å². The second-order valence-corrected chi connectivity index (χ2v) is 7.92. The fourth-order valence-electron chi connectivity index (χ4n) is 3.79. The maximum Gasteiger partial charge on any atom is 0.341 e. The van der Waals surface area contributed by atoms with Crippen molar-refractivity contribution in [2.24, 2.45) is 11.8 Å². The maximum atomic E-state index is 12.4. The SMILES string of the molecule is COc1cc2c(cc1C#CC1CC1)CC(C(C)C)n1cc(C(=O)O)c(=O)cc1-2. The number of aromatic nitrogens is 1. The van der Waals surface area contributed by atoms with Gasteiger partial charge in [-0.1, -0.05) is 25.7 Å². The summed E-state index contributed by atoms with van der Waals surface area (Å²) in [6.45, 7) is 4.21. The van der Waals surface area contributed by atoms with Gasteiger partial charge in [0, 0.05) is 29.8 Å². The third-order valence-corrected chi connectivity index (χ3v) is 5.56. The Hall–Kier alpha value is -3.00. The molecule has 0 amide bonds. The summed E-state index contributed by atoms with van der Waals surface area (Å²) in [7, 11) is 1.62. The number of rotatable bonds is 3. The number of fused-ring (bicyclic) bond motifs is 3. The highest BCUT2D eigenvalue weighted by Crippen LogP contribution is 2.40. The molecular weight excluding hydrogens is 354 g/mol. The Morgan fingerprint density at radius 1 is 1.29 bits per heavy atom. The van der Waals surface area contributed by atoms with E-state index in [1.54, 1.807) is 7.11 Å². The van der Waals surface area contributed by atoms with Gasteiger partial charge in [0.2, 0.25) is 0 Å². The number of hydrogen-bond acceptors (Lipinski definition) is 3. The predicted octanol–water partition coefficient (Wildman–Crippen LogP) is 3.74. The van der Waals surface area contributed by atoms with Crippen LogP contribution in [0.25, 0.3) is 11.3 Å². The van der Waals surface area contributed by atoms with E-state index in [4.69, 9.17) is 4.74 Å². The summed E-state index contributed by atoms with van der Waals surface area (Å²) in [4.78, 5) is 23.8. The maximum absolute atomic E-state index is 12.4. The van der Waals surface area contributed by atoms with E-state index in [9.17, 15) is 14.7 Å². The number of carboxylic acid groups (broad SMARTS) is 1. The van der Waals surface area contributed by atoms with Gasteiger partial charge in [-0.3, -0.25) is 4.79 Å². The Morgan fingerprint density at radius 3 is 2.64 bits per heavy atom. The van der Waals surface area contributed by atoms with Crippen LogP contribution >= 0.6 is 0 Å². The molecule has 1 saturated carbocycles. The largest absolute Gasteiger partial charge is 0.495 e. The molecule has 1 fully saturated rings. The van der Waals surface area contributed by atoms with Gasteiger partial charge in [-0.25, -0.2) is 4.79 Å². The summed E-state index contributed by atoms with van der Waals surface area (Å²) in [6.07, 6.45) is 4.57. The minimum atomic E-state index is -1.20. The molecule has 28 heavy (non-hydrogen) atoms. The molecule has 1 N–H and O–H groups in total.